The zero-order valence-electron chi connectivity index (χ0n) is 10.1. The van der Waals surface area contributed by atoms with E-state index in [2.05, 4.69) is 20.8 Å². The summed E-state index contributed by atoms with van der Waals surface area (Å²) in [7, 11) is 0. The molecule has 0 saturated carbocycles. The molecule has 2 amide bonds. The highest BCUT2D eigenvalue weighted by molar-refractivity contribution is 7.15. The Morgan fingerprint density at radius 3 is 2.59 bits per heavy atom. The number of amides is 2. The maximum Gasteiger partial charge on any atom is 0.245 e. The molecular weight excluding hydrogens is 240 g/mol. The van der Waals surface area contributed by atoms with Gasteiger partial charge in [0.1, 0.15) is 5.01 Å². The van der Waals surface area contributed by atoms with E-state index in [1.807, 2.05) is 6.92 Å². The van der Waals surface area contributed by atoms with Gasteiger partial charge >= 0.3 is 0 Å². The third-order valence-corrected chi connectivity index (χ3v) is 2.95. The van der Waals surface area contributed by atoms with Crippen molar-refractivity contribution in [3.8, 4) is 0 Å². The SMILES string of the molecule is CCc1nnc(NC(=O)CNC(=O)C(C)C)s1. The van der Waals surface area contributed by atoms with Crippen LogP contribution in [-0.2, 0) is 16.0 Å². The summed E-state index contributed by atoms with van der Waals surface area (Å²) in [5.74, 6) is -0.569. The molecule has 0 fully saturated rings. The molecule has 0 atom stereocenters. The summed E-state index contributed by atoms with van der Waals surface area (Å²) in [6.45, 7) is 5.46. The Labute approximate surface area is 104 Å². The molecule has 7 heteroatoms. The van der Waals surface area contributed by atoms with Crippen LogP contribution in [0.25, 0.3) is 0 Å². The first-order chi connectivity index (χ1) is 8.02. The summed E-state index contributed by atoms with van der Waals surface area (Å²) >= 11 is 1.33. The number of nitrogens with one attached hydrogen (secondary N) is 2. The van der Waals surface area contributed by atoms with E-state index in [0.29, 0.717) is 5.13 Å². The third-order valence-electron chi connectivity index (χ3n) is 1.96. The van der Waals surface area contributed by atoms with Crippen molar-refractivity contribution in [3.05, 3.63) is 5.01 Å². The first kappa shape index (κ1) is 13.6. The van der Waals surface area contributed by atoms with Crippen LogP contribution in [0.2, 0.25) is 0 Å². The largest absolute Gasteiger partial charge is 0.347 e. The monoisotopic (exact) mass is 256 g/mol. The molecule has 0 saturated heterocycles. The zero-order valence-corrected chi connectivity index (χ0v) is 10.9. The molecule has 1 aromatic heterocycles. The standard InChI is InChI=1S/C10H16N4O2S/c1-4-8-13-14-10(17-8)12-7(15)5-11-9(16)6(2)3/h6H,4-5H2,1-3H3,(H,11,16)(H,12,14,15). The molecule has 0 aliphatic carbocycles. The van der Waals surface area contributed by atoms with Crippen LogP contribution in [0.4, 0.5) is 5.13 Å². The molecular formula is C10H16N4O2S. The highest BCUT2D eigenvalue weighted by Gasteiger charge is 2.10. The van der Waals surface area contributed by atoms with Crippen molar-refractivity contribution in [3.63, 3.8) is 0 Å². The lowest BCUT2D eigenvalue weighted by Gasteiger charge is -2.06. The Balaban J connectivity index is 2.37. The maximum absolute atomic E-state index is 11.5. The lowest BCUT2D eigenvalue weighted by atomic mass is 10.2. The first-order valence-electron chi connectivity index (χ1n) is 5.42. The van der Waals surface area contributed by atoms with Crippen molar-refractivity contribution in [2.24, 2.45) is 5.92 Å². The van der Waals surface area contributed by atoms with Gasteiger partial charge in [-0.15, -0.1) is 10.2 Å². The molecule has 0 radical (unpaired) electrons. The smallest absolute Gasteiger partial charge is 0.245 e. The topological polar surface area (TPSA) is 84.0 Å². The number of carbonyl (C=O) groups is 2. The van der Waals surface area contributed by atoms with Crippen molar-refractivity contribution in [2.75, 3.05) is 11.9 Å². The van der Waals surface area contributed by atoms with E-state index in [1.54, 1.807) is 13.8 Å². The Hall–Kier alpha value is -1.50. The minimum Gasteiger partial charge on any atom is -0.347 e. The zero-order chi connectivity index (χ0) is 12.8. The van der Waals surface area contributed by atoms with Gasteiger partial charge in [-0.05, 0) is 6.42 Å². The van der Waals surface area contributed by atoms with E-state index < -0.39 is 0 Å². The number of carbonyl (C=O) groups excluding carboxylic acids is 2. The molecule has 0 spiro atoms. The number of anilines is 1. The van der Waals surface area contributed by atoms with Crippen LogP contribution >= 0.6 is 11.3 Å². The Kier molecular flexibility index (Phi) is 5.02. The van der Waals surface area contributed by atoms with E-state index in [9.17, 15) is 9.59 Å². The number of hydrogen-bond acceptors (Lipinski definition) is 5. The van der Waals surface area contributed by atoms with Gasteiger partial charge in [-0.25, -0.2) is 0 Å². The summed E-state index contributed by atoms with van der Waals surface area (Å²) in [5.41, 5.74) is 0. The molecule has 1 rings (SSSR count). The van der Waals surface area contributed by atoms with E-state index in [0.717, 1.165) is 11.4 Å². The molecule has 0 aliphatic heterocycles. The van der Waals surface area contributed by atoms with Gasteiger partial charge in [0.2, 0.25) is 16.9 Å². The molecule has 6 nitrogen and oxygen atoms in total. The summed E-state index contributed by atoms with van der Waals surface area (Å²) in [6, 6.07) is 0. The van der Waals surface area contributed by atoms with E-state index in [1.165, 1.54) is 11.3 Å². The minimum atomic E-state index is -0.294. The van der Waals surface area contributed by atoms with Crippen molar-refractivity contribution in [1.29, 1.82) is 0 Å². The van der Waals surface area contributed by atoms with E-state index >= 15 is 0 Å². The Morgan fingerprint density at radius 1 is 1.35 bits per heavy atom. The summed E-state index contributed by atoms with van der Waals surface area (Å²) in [5, 5.41) is 14.1. The fraction of sp³-hybridized carbons (Fsp3) is 0.600. The molecule has 17 heavy (non-hydrogen) atoms. The highest BCUT2D eigenvalue weighted by Crippen LogP contribution is 2.14. The van der Waals surface area contributed by atoms with Crippen LogP contribution in [0.5, 0.6) is 0 Å². The molecule has 2 N–H and O–H groups in total. The van der Waals surface area contributed by atoms with Gasteiger partial charge in [0.05, 0.1) is 6.54 Å². The second-order valence-corrected chi connectivity index (χ2v) is 4.84. The lowest BCUT2D eigenvalue weighted by Crippen LogP contribution is -2.35. The maximum atomic E-state index is 11.5. The van der Waals surface area contributed by atoms with Crippen LogP contribution in [0, 0.1) is 5.92 Å². The van der Waals surface area contributed by atoms with Crippen LogP contribution in [-0.4, -0.2) is 28.6 Å². The predicted molar refractivity (Wildman–Crippen MR) is 65.8 cm³/mol. The van der Waals surface area contributed by atoms with Crippen LogP contribution in [0.15, 0.2) is 0 Å². The normalized spacial score (nSPS) is 10.4. The summed E-state index contributed by atoms with van der Waals surface area (Å²) < 4.78 is 0. The molecule has 0 unspecified atom stereocenters. The number of rotatable bonds is 5. The fourth-order valence-corrected chi connectivity index (χ4v) is 1.68. The number of aryl methyl sites for hydroxylation is 1. The summed E-state index contributed by atoms with van der Waals surface area (Å²) in [4.78, 5) is 22.7. The van der Waals surface area contributed by atoms with Gasteiger partial charge in [-0.1, -0.05) is 32.1 Å². The van der Waals surface area contributed by atoms with Gasteiger partial charge in [0.15, 0.2) is 0 Å². The lowest BCUT2D eigenvalue weighted by molar-refractivity contribution is -0.126. The van der Waals surface area contributed by atoms with Gasteiger partial charge in [-0.3, -0.25) is 14.9 Å². The third kappa shape index (κ3) is 4.48. The van der Waals surface area contributed by atoms with Crippen LogP contribution in [0.3, 0.4) is 0 Å². The average Bonchev–Trinajstić information content (AvgIpc) is 2.73. The van der Waals surface area contributed by atoms with Gasteiger partial charge < -0.3 is 5.32 Å². The molecule has 0 aromatic carbocycles. The molecule has 0 aliphatic rings. The molecule has 94 valence electrons. The van der Waals surface area contributed by atoms with Gasteiger partial charge in [-0.2, -0.15) is 0 Å². The van der Waals surface area contributed by atoms with Crippen LogP contribution in [0.1, 0.15) is 25.8 Å². The second-order valence-electron chi connectivity index (χ2n) is 3.78. The molecule has 1 heterocycles. The van der Waals surface area contributed by atoms with Crippen molar-refractivity contribution in [2.45, 2.75) is 27.2 Å². The van der Waals surface area contributed by atoms with Crippen molar-refractivity contribution in [1.82, 2.24) is 15.5 Å². The van der Waals surface area contributed by atoms with E-state index in [4.69, 9.17) is 0 Å². The Bertz CT molecular complexity index is 403. The van der Waals surface area contributed by atoms with E-state index in [-0.39, 0.29) is 24.3 Å². The minimum absolute atomic E-state index is 0.0436. The second kappa shape index (κ2) is 6.29. The van der Waals surface area contributed by atoms with Gasteiger partial charge in [0, 0.05) is 5.92 Å². The number of hydrogen-bond donors (Lipinski definition) is 2. The van der Waals surface area contributed by atoms with Crippen molar-refractivity contribution < 1.29 is 9.59 Å². The molecule has 1 aromatic rings. The number of aromatic nitrogens is 2. The Morgan fingerprint density at radius 2 is 2.06 bits per heavy atom. The predicted octanol–water partition coefficient (Wildman–Crippen LogP) is 0.811. The first-order valence-corrected chi connectivity index (χ1v) is 6.24. The van der Waals surface area contributed by atoms with Gasteiger partial charge in [0.25, 0.3) is 0 Å². The number of nitrogens with zero attached hydrogens (tertiary/aromatic N) is 2. The fourth-order valence-electron chi connectivity index (χ4n) is 0.982. The summed E-state index contributed by atoms with van der Waals surface area (Å²) in [6.07, 6.45) is 0.789. The molecule has 0 bridgehead atoms. The average molecular weight is 256 g/mol. The quantitative estimate of drug-likeness (QED) is 0.816. The van der Waals surface area contributed by atoms with Crippen LogP contribution < -0.4 is 10.6 Å². The highest BCUT2D eigenvalue weighted by atomic mass is 32.1. The van der Waals surface area contributed by atoms with Crippen molar-refractivity contribution >= 4 is 28.3 Å².